The van der Waals surface area contributed by atoms with Crippen molar-refractivity contribution < 1.29 is 9.59 Å². The van der Waals surface area contributed by atoms with Crippen LogP contribution in [0.25, 0.3) is 0 Å². The van der Waals surface area contributed by atoms with E-state index in [9.17, 15) is 9.59 Å². The van der Waals surface area contributed by atoms with Gasteiger partial charge in [0.05, 0.1) is 19.2 Å². The van der Waals surface area contributed by atoms with Crippen molar-refractivity contribution in [2.45, 2.75) is 0 Å². The highest BCUT2D eigenvalue weighted by atomic mass is 127. The number of hydrogen-bond donors (Lipinski definition) is 2. The van der Waals surface area contributed by atoms with E-state index in [4.69, 9.17) is 5.73 Å². The second-order valence-corrected chi connectivity index (χ2v) is 6.57. The molecule has 2 amide bonds. The third kappa shape index (κ3) is 3.62. The number of alkyl halides is 1. The summed E-state index contributed by atoms with van der Waals surface area (Å²) < 4.78 is 1.78. The molecule has 3 N–H and O–H groups in total. The van der Waals surface area contributed by atoms with Gasteiger partial charge in [0.2, 0.25) is 5.91 Å². The van der Waals surface area contributed by atoms with Gasteiger partial charge in [-0.25, -0.2) is 0 Å². The van der Waals surface area contributed by atoms with Crippen LogP contribution in [0.3, 0.4) is 0 Å². The molecule has 0 saturated carbocycles. The SMILES string of the molecule is CNC(=O)c1c(I)c(N)cc(N(C)C(=O)CI)c1I. The summed E-state index contributed by atoms with van der Waals surface area (Å²) in [4.78, 5) is 25.2. The van der Waals surface area contributed by atoms with Crippen molar-refractivity contribution >= 4 is 91.0 Å². The van der Waals surface area contributed by atoms with E-state index < -0.39 is 0 Å². The maximum Gasteiger partial charge on any atom is 0.253 e. The zero-order valence-corrected chi connectivity index (χ0v) is 16.7. The fourth-order valence-electron chi connectivity index (χ4n) is 1.44. The number of nitrogens with zero attached hydrogens (tertiary/aromatic N) is 1. The molecule has 5 nitrogen and oxygen atoms in total. The topological polar surface area (TPSA) is 75.4 Å². The predicted molar refractivity (Wildman–Crippen MR) is 102 cm³/mol. The standard InChI is InChI=1S/C11H12I3N3O2/c1-16-11(19)8-9(13)5(15)3-6(10(8)14)17(2)7(18)4-12/h3H,4,15H2,1-2H3,(H,16,19). The molecule has 0 atom stereocenters. The molecule has 0 fully saturated rings. The molecule has 0 radical (unpaired) electrons. The Hall–Kier alpha value is 0.150. The summed E-state index contributed by atoms with van der Waals surface area (Å²) in [5.74, 6) is -0.250. The van der Waals surface area contributed by atoms with Gasteiger partial charge in [-0.05, 0) is 51.2 Å². The number of carbonyl (C=O) groups excluding carboxylic acids is 2. The van der Waals surface area contributed by atoms with Gasteiger partial charge < -0.3 is 16.0 Å². The van der Waals surface area contributed by atoms with Crippen LogP contribution in [0.5, 0.6) is 0 Å². The van der Waals surface area contributed by atoms with Crippen molar-refractivity contribution in [2.75, 3.05) is 29.2 Å². The van der Waals surface area contributed by atoms with E-state index >= 15 is 0 Å². The quantitative estimate of drug-likeness (QED) is 0.319. The molecule has 19 heavy (non-hydrogen) atoms. The lowest BCUT2D eigenvalue weighted by molar-refractivity contribution is -0.115. The molecule has 0 aliphatic rings. The summed E-state index contributed by atoms with van der Waals surface area (Å²) in [6, 6.07) is 1.72. The first kappa shape index (κ1) is 17.2. The molecule has 1 aromatic rings. The average Bonchev–Trinajstić information content (AvgIpc) is 2.40. The van der Waals surface area contributed by atoms with Gasteiger partial charge >= 0.3 is 0 Å². The largest absolute Gasteiger partial charge is 0.398 e. The Labute approximate surface area is 152 Å². The van der Waals surface area contributed by atoms with Gasteiger partial charge in [-0.1, -0.05) is 22.6 Å². The zero-order chi connectivity index (χ0) is 14.7. The van der Waals surface area contributed by atoms with E-state index in [0.717, 1.165) is 3.57 Å². The highest BCUT2D eigenvalue weighted by Crippen LogP contribution is 2.33. The van der Waals surface area contributed by atoms with Crippen molar-refractivity contribution in [3.05, 3.63) is 18.8 Å². The Morgan fingerprint density at radius 1 is 1.37 bits per heavy atom. The fourth-order valence-corrected chi connectivity index (χ4v) is 4.17. The lowest BCUT2D eigenvalue weighted by atomic mass is 10.1. The first-order chi connectivity index (χ1) is 8.84. The monoisotopic (exact) mass is 599 g/mol. The molecule has 0 spiro atoms. The van der Waals surface area contributed by atoms with Crippen molar-refractivity contribution in [1.82, 2.24) is 5.32 Å². The molecule has 0 bridgehead atoms. The molecule has 1 rings (SSSR count). The fraction of sp³-hybridized carbons (Fsp3) is 0.273. The number of halogens is 3. The van der Waals surface area contributed by atoms with Gasteiger partial charge in [-0.2, -0.15) is 0 Å². The highest BCUT2D eigenvalue weighted by molar-refractivity contribution is 14.1. The van der Waals surface area contributed by atoms with Crippen LogP contribution in [0.4, 0.5) is 11.4 Å². The van der Waals surface area contributed by atoms with Crippen molar-refractivity contribution in [3.63, 3.8) is 0 Å². The first-order valence-corrected chi connectivity index (χ1v) is 8.85. The van der Waals surface area contributed by atoms with E-state index in [0.29, 0.717) is 24.9 Å². The van der Waals surface area contributed by atoms with Crippen LogP contribution < -0.4 is 16.0 Å². The number of hydrogen-bond acceptors (Lipinski definition) is 3. The molecule has 0 unspecified atom stereocenters. The summed E-state index contributed by atoms with van der Waals surface area (Å²) in [7, 11) is 3.25. The van der Waals surface area contributed by atoms with Gasteiger partial charge in [0.15, 0.2) is 0 Å². The number of benzene rings is 1. The van der Waals surface area contributed by atoms with E-state index in [2.05, 4.69) is 27.9 Å². The van der Waals surface area contributed by atoms with Crippen molar-refractivity contribution in [3.8, 4) is 0 Å². The van der Waals surface area contributed by atoms with E-state index in [1.807, 2.05) is 45.2 Å². The van der Waals surface area contributed by atoms with Gasteiger partial charge in [-0.15, -0.1) is 0 Å². The smallest absolute Gasteiger partial charge is 0.253 e. The summed E-state index contributed by atoms with van der Waals surface area (Å²) in [5.41, 5.74) is 7.58. The molecule has 0 aromatic heterocycles. The van der Waals surface area contributed by atoms with Gasteiger partial charge in [0.1, 0.15) is 0 Å². The average molecular weight is 599 g/mol. The van der Waals surface area contributed by atoms with E-state index in [-0.39, 0.29) is 11.8 Å². The number of nitrogens with one attached hydrogen (secondary N) is 1. The first-order valence-electron chi connectivity index (χ1n) is 5.17. The number of rotatable bonds is 3. The van der Waals surface area contributed by atoms with Crippen molar-refractivity contribution in [1.29, 1.82) is 0 Å². The Morgan fingerprint density at radius 3 is 2.42 bits per heavy atom. The third-order valence-corrected chi connectivity index (χ3v) is 5.42. The Bertz CT molecular complexity index is 534. The molecular formula is C11H12I3N3O2. The molecule has 8 heteroatoms. The van der Waals surface area contributed by atoms with Gasteiger partial charge in [0.25, 0.3) is 5.91 Å². The summed E-state index contributed by atoms with van der Waals surface area (Å²) in [6.45, 7) is 0. The summed E-state index contributed by atoms with van der Waals surface area (Å²) in [6.07, 6.45) is 0. The lowest BCUT2D eigenvalue weighted by Crippen LogP contribution is -2.29. The molecular weight excluding hydrogens is 587 g/mol. The number of anilines is 2. The molecule has 104 valence electrons. The summed E-state index contributed by atoms with van der Waals surface area (Å²) >= 11 is 6.12. The van der Waals surface area contributed by atoms with E-state index in [1.54, 1.807) is 20.2 Å². The maximum atomic E-state index is 11.9. The van der Waals surface area contributed by atoms with Crippen LogP contribution in [0.2, 0.25) is 0 Å². The predicted octanol–water partition coefficient (Wildman–Crippen LogP) is 2.24. The van der Waals surface area contributed by atoms with Crippen LogP contribution >= 0.6 is 67.8 Å². The molecule has 1 aromatic carbocycles. The number of nitrogens with two attached hydrogens (primary N) is 1. The zero-order valence-electron chi connectivity index (χ0n) is 10.3. The second-order valence-electron chi connectivity index (χ2n) is 3.65. The van der Waals surface area contributed by atoms with Gasteiger partial charge in [-0.3, -0.25) is 9.59 Å². The summed E-state index contributed by atoms with van der Waals surface area (Å²) in [5, 5.41) is 2.59. The number of amides is 2. The number of carbonyl (C=O) groups is 2. The van der Waals surface area contributed by atoms with Crippen LogP contribution in [-0.2, 0) is 4.79 Å². The van der Waals surface area contributed by atoms with Crippen LogP contribution in [0.1, 0.15) is 10.4 Å². The minimum absolute atomic E-state index is 0.0398. The second kappa shape index (κ2) is 7.24. The Morgan fingerprint density at radius 2 is 1.95 bits per heavy atom. The van der Waals surface area contributed by atoms with Gasteiger partial charge in [0, 0.05) is 23.4 Å². The van der Waals surface area contributed by atoms with Crippen molar-refractivity contribution in [2.24, 2.45) is 0 Å². The maximum absolute atomic E-state index is 11.9. The highest BCUT2D eigenvalue weighted by Gasteiger charge is 2.22. The molecule has 0 heterocycles. The van der Waals surface area contributed by atoms with Crippen LogP contribution in [-0.4, -0.2) is 30.3 Å². The molecule has 0 aliphatic heterocycles. The number of nitrogen functional groups attached to an aromatic ring is 1. The molecule has 0 saturated heterocycles. The molecule has 0 aliphatic carbocycles. The van der Waals surface area contributed by atoms with E-state index in [1.165, 1.54) is 4.90 Å². The van der Waals surface area contributed by atoms with Crippen LogP contribution in [0, 0.1) is 7.14 Å². The minimum atomic E-state index is -0.210. The van der Waals surface area contributed by atoms with Crippen LogP contribution in [0.15, 0.2) is 6.07 Å². The normalized spacial score (nSPS) is 10.2. The minimum Gasteiger partial charge on any atom is -0.398 e. The Kier molecular flexibility index (Phi) is 6.56. The lowest BCUT2D eigenvalue weighted by Gasteiger charge is -2.21. The third-order valence-electron chi connectivity index (χ3n) is 2.51. The Balaban J connectivity index is 3.48.